The molecule has 0 radical (unpaired) electrons. The van der Waals surface area contributed by atoms with Crippen molar-refractivity contribution in [2.75, 3.05) is 21.3 Å². The Morgan fingerprint density at radius 1 is 0.810 bits per heavy atom. The smallest absolute Gasteiger partial charge is 0.203 e. The van der Waals surface area contributed by atoms with E-state index >= 15 is 0 Å². The zero-order valence-corrected chi connectivity index (χ0v) is 14.1. The Hall–Kier alpha value is -1.03. The lowest BCUT2D eigenvalue weighted by Crippen LogP contribution is -2.05. The van der Waals surface area contributed by atoms with E-state index in [1.54, 1.807) is 21.3 Å². The summed E-state index contributed by atoms with van der Waals surface area (Å²) >= 11 is 1.95. The van der Waals surface area contributed by atoms with Crippen LogP contribution in [0.25, 0.3) is 0 Å². The first-order valence-corrected chi connectivity index (χ1v) is 8.63. The van der Waals surface area contributed by atoms with Gasteiger partial charge in [-0.2, -0.15) is 0 Å². The van der Waals surface area contributed by atoms with Crippen LogP contribution < -0.4 is 14.2 Å². The van der Waals surface area contributed by atoms with Crippen molar-refractivity contribution in [1.29, 1.82) is 0 Å². The molecule has 4 heteroatoms. The normalized spacial score (nSPS) is 16.9. The Morgan fingerprint density at radius 3 is 1.81 bits per heavy atom. The van der Waals surface area contributed by atoms with Gasteiger partial charge in [-0.25, -0.2) is 0 Å². The molecule has 1 aliphatic carbocycles. The molecule has 3 nitrogen and oxygen atoms in total. The van der Waals surface area contributed by atoms with Gasteiger partial charge in [-0.3, -0.25) is 0 Å². The van der Waals surface area contributed by atoms with E-state index in [1.807, 2.05) is 11.8 Å². The van der Waals surface area contributed by atoms with Crippen molar-refractivity contribution in [3.05, 3.63) is 12.1 Å². The van der Waals surface area contributed by atoms with E-state index in [0.29, 0.717) is 11.0 Å². The van der Waals surface area contributed by atoms with Crippen LogP contribution in [0.3, 0.4) is 0 Å². The molecular weight excluding hydrogens is 284 g/mol. The minimum atomic E-state index is 0.669. The van der Waals surface area contributed by atoms with Crippen LogP contribution in [0.2, 0.25) is 0 Å². The molecular formula is C17H26O3S. The molecule has 0 aliphatic heterocycles. The van der Waals surface area contributed by atoms with Crippen LogP contribution in [0.4, 0.5) is 0 Å². The van der Waals surface area contributed by atoms with Crippen LogP contribution >= 0.6 is 11.8 Å². The van der Waals surface area contributed by atoms with Gasteiger partial charge < -0.3 is 14.2 Å². The molecule has 0 aromatic heterocycles. The number of hydrogen-bond acceptors (Lipinski definition) is 4. The van der Waals surface area contributed by atoms with Gasteiger partial charge in [-0.05, 0) is 25.0 Å². The standard InChI is InChI=1S/C17H26O3S/c1-18-15-11-14(12-16(19-2)17(15)20-3)21-13-9-7-5-4-6-8-10-13/h11-13H,4-10H2,1-3H3. The van der Waals surface area contributed by atoms with E-state index in [4.69, 9.17) is 14.2 Å². The Labute approximate surface area is 132 Å². The van der Waals surface area contributed by atoms with Gasteiger partial charge in [0.2, 0.25) is 5.75 Å². The fourth-order valence-corrected chi connectivity index (χ4v) is 4.16. The van der Waals surface area contributed by atoms with Crippen LogP contribution in [-0.2, 0) is 0 Å². The summed E-state index contributed by atoms with van der Waals surface area (Å²) in [4.78, 5) is 1.20. The fraction of sp³-hybridized carbons (Fsp3) is 0.647. The van der Waals surface area contributed by atoms with Gasteiger partial charge in [0, 0.05) is 10.1 Å². The van der Waals surface area contributed by atoms with E-state index in [0.717, 1.165) is 11.5 Å². The molecule has 0 spiro atoms. The zero-order chi connectivity index (χ0) is 15.1. The van der Waals surface area contributed by atoms with Crippen LogP contribution in [0.5, 0.6) is 17.2 Å². The summed E-state index contributed by atoms with van der Waals surface area (Å²) in [6.45, 7) is 0. The van der Waals surface area contributed by atoms with Crippen LogP contribution in [-0.4, -0.2) is 26.6 Å². The highest BCUT2D eigenvalue weighted by atomic mass is 32.2. The summed E-state index contributed by atoms with van der Waals surface area (Å²) < 4.78 is 16.3. The largest absolute Gasteiger partial charge is 0.493 e. The van der Waals surface area contributed by atoms with Gasteiger partial charge in [0.25, 0.3) is 0 Å². The summed E-state index contributed by atoms with van der Waals surface area (Å²) in [5.74, 6) is 2.15. The predicted molar refractivity (Wildman–Crippen MR) is 88.1 cm³/mol. The average Bonchev–Trinajstić information content (AvgIpc) is 2.48. The molecule has 21 heavy (non-hydrogen) atoms. The molecule has 1 aromatic carbocycles. The quantitative estimate of drug-likeness (QED) is 0.771. The molecule has 0 heterocycles. The second kappa shape index (κ2) is 8.42. The summed E-state index contributed by atoms with van der Waals surface area (Å²) in [5.41, 5.74) is 0. The number of benzene rings is 1. The fourth-order valence-electron chi connectivity index (χ4n) is 2.85. The lowest BCUT2D eigenvalue weighted by molar-refractivity contribution is 0.323. The Bertz CT molecular complexity index is 415. The lowest BCUT2D eigenvalue weighted by atomic mass is 10.0. The molecule has 0 atom stereocenters. The first kappa shape index (κ1) is 16.3. The third-order valence-corrected chi connectivity index (χ3v) is 5.31. The summed E-state index contributed by atoms with van der Waals surface area (Å²) in [6, 6.07) is 4.12. The van der Waals surface area contributed by atoms with Crippen molar-refractivity contribution in [3.63, 3.8) is 0 Å². The van der Waals surface area contributed by atoms with Gasteiger partial charge >= 0.3 is 0 Å². The van der Waals surface area contributed by atoms with Gasteiger partial charge in [0.15, 0.2) is 11.5 Å². The van der Waals surface area contributed by atoms with Crippen molar-refractivity contribution in [1.82, 2.24) is 0 Å². The first-order chi connectivity index (χ1) is 10.3. The SMILES string of the molecule is COc1cc(SC2CCCCCCC2)cc(OC)c1OC. The maximum atomic E-state index is 5.43. The maximum Gasteiger partial charge on any atom is 0.203 e. The Morgan fingerprint density at radius 2 is 1.33 bits per heavy atom. The highest BCUT2D eigenvalue weighted by Crippen LogP contribution is 2.43. The van der Waals surface area contributed by atoms with Crippen LogP contribution in [0, 0.1) is 0 Å². The molecule has 0 unspecified atom stereocenters. The highest BCUT2D eigenvalue weighted by Gasteiger charge is 2.17. The molecule has 0 amide bonds. The van der Waals surface area contributed by atoms with E-state index in [1.165, 1.54) is 49.8 Å². The van der Waals surface area contributed by atoms with E-state index in [9.17, 15) is 0 Å². The van der Waals surface area contributed by atoms with Gasteiger partial charge in [-0.1, -0.05) is 32.1 Å². The molecule has 0 N–H and O–H groups in total. The molecule has 1 fully saturated rings. The highest BCUT2D eigenvalue weighted by molar-refractivity contribution is 8.00. The van der Waals surface area contributed by atoms with E-state index in [2.05, 4.69) is 12.1 Å². The summed E-state index contributed by atoms with van der Waals surface area (Å²) in [5, 5.41) is 0.702. The third-order valence-electron chi connectivity index (χ3n) is 3.99. The van der Waals surface area contributed by atoms with Crippen molar-refractivity contribution in [2.45, 2.75) is 55.1 Å². The number of methoxy groups -OCH3 is 3. The Kier molecular flexibility index (Phi) is 6.55. The van der Waals surface area contributed by atoms with Crippen LogP contribution in [0.1, 0.15) is 44.9 Å². The van der Waals surface area contributed by atoms with Crippen molar-refractivity contribution in [3.8, 4) is 17.2 Å². The van der Waals surface area contributed by atoms with Crippen molar-refractivity contribution < 1.29 is 14.2 Å². The summed E-state index contributed by atoms with van der Waals surface area (Å²) in [6.07, 6.45) is 9.48. The van der Waals surface area contributed by atoms with Crippen molar-refractivity contribution in [2.24, 2.45) is 0 Å². The van der Waals surface area contributed by atoms with Crippen LogP contribution in [0.15, 0.2) is 17.0 Å². The molecule has 1 aliphatic rings. The second-order valence-corrected chi connectivity index (χ2v) is 6.82. The second-order valence-electron chi connectivity index (χ2n) is 5.45. The number of ether oxygens (including phenoxy) is 3. The molecule has 1 saturated carbocycles. The lowest BCUT2D eigenvalue weighted by Gasteiger charge is -2.20. The average molecular weight is 310 g/mol. The minimum Gasteiger partial charge on any atom is -0.493 e. The molecule has 2 rings (SSSR count). The van der Waals surface area contributed by atoms with Gasteiger partial charge in [0.1, 0.15) is 0 Å². The van der Waals surface area contributed by atoms with Crippen molar-refractivity contribution >= 4 is 11.8 Å². The van der Waals surface area contributed by atoms with Gasteiger partial charge in [0.05, 0.1) is 21.3 Å². The topological polar surface area (TPSA) is 27.7 Å². The predicted octanol–water partition coefficient (Wildman–Crippen LogP) is 4.92. The minimum absolute atomic E-state index is 0.669. The molecule has 0 saturated heterocycles. The molecule has 1 aromatic rings. The van der Waals surface area contributed by atoms with E-state index in [-0.39, 0.29) is 0 Å². The third kappa shape index (κ3) is 4.47. The Balaban J connectivity index is 2.14. The first-order valence-electron chi connectivity index (χ1n) is 7.75. The van der Waals surface area contributed by atoms with Gasteiger partial charge in [-0.15, -0.1) is 11.8 Å². The summed E-state index contributed by atoms with van der Waals surface area (Å²) in [7, 11) is 4.98. The number of thioether (sulfide) groups is 1. The number of hydrogen-bond donors (Lipinski definition) is 0. The maximum absolute atomic E-state index is 5.43. The number of rotatable bonds is 5. The zero-order valence-electron chi connectivity index (χ0n) is 13.3. The monoisotopic (exact) mass is 310 g/mol. The van der Waals surface area contributed by atoms with E-state index < -0.39 is 0 Å². The molecule has 0 bridgehead atoms. The molecule has 118 valence electrons.